The molecule has 17 heavy (non-hydrogen) atoms. The van der Waals surface area contributed by atoms with Gasteiger partial charge in [-0.05, 0) is 6.92 Å². The lowest BCUT2D eigenvalue weighted by atomic mass is 10.3. The van der Waals surface area contributed by atoms with E-state index in [2.05, 4.69) is 9.97 Å². The molecule has 1 saturated heterocycles. The van der Waals surface area contributed by atoms with E-state index in [1.807, 2.05) is 0 Å². The van der Waals surface area contributed by atoms with Crippen LogP contribution in [0.2, 0.25) is 0 Å². The van der Waals surface area contributed by atoms with Crippen LogP contribution in [0.15, 0.2) is 18.6 Å². The second-order valence-corrected chi connectivity index (χ2v) is 3.72. The van der Waals surface area contributed by atoms with E-state index in [-0.39, 0.29) is 12.2 Å². The van der Waals surface area contributed by atoms with E-state index in [0.717, 1.165) is 6.42 Å². The van der Waals surface area contributed by atoms with E-state index < -0.39 is 0 Å². The molecule has 2 heterocycles. The van der Waals surface area contributed by atoms with Gasteiger partial charge < -0.3 is 14.4 Å². The lowest BCUT2D eigenvalue weighted by Gasteiger charge is -2.15. The van der Waals surface area contributed by atoms with E-state index in [1.165, 1.54) is 0 Å². The van der Waals surface area contributed by atoms with Crippen LogP contribution in [0.4, 0.5) is 4.79 Å². The molecule has 0 bridgehead atoms. The molecule has 0 spiro atoms. The predicted octanol–water partition coefficient (Wildman–Crippen LogP) is 1.09. The van der Waals surface area contributed by atoms with E-state index in [0.29, 0.717) is 25.6 Å². The molecule has 0 aliphatic carbocycles. The summed E-state index contributed by atoms with van der Waals surface area (Å²) in [6.45, 7) is 3.38. The number of likely N-dealkylation sites (tertiary alicyclic amines) is 1. The largest absolute Gasteiger partial charge is 0.471 e. The molecule has 0 saturated carbocycles. The number of ether oxygens (including phenoxy) is 2. The minimum absolute atomic E-state index is 0.0314. The van der Waals surface area contributed by atoms with E-state index >= 15 is 0 Å². The van der Waals surface area contributed by atoms with Crippen LogP contribution in [0.5, 0.6) is 5.88 Å². The molecular formula is C11H15N3O3. The smallest absolute Gasteiger partial charge is 0.409 e. The number of hydrogen-bond donors (Lipinski definition) is 0. The molecule has 2 rings (SSSR count). The third kappa shape index (κ3) is 3.05. The molecule has 1 unspecified atom stereocenters. The molecule has 0 N–H and O–H groups in total. The van der Waals surface area contributed by atoms with E-state index in [9.17, 15) is 4.79 Å². The van der Waals surface area contributed by atoms with Gasteiger partial charge in [-0.25, -0.2) is 9.78 Å². The second kappa shape index (κ2) is 5.47. The first-order valence-electron chi connectivity index (χ1n) is 5.64. The van der Waals surface area contributed by atoms with Gasteiger partial charge in [0.2, 0.25) is 5.88 Å². The van der Waals surface area contributed by atoms with Crippen LogP contribution in [0.1, 0.15) is 13.3 Å². The van der Waals surface area contributed by atoms with Crippen LogP contribution >= 0.6 is 0 Å². The fourth-order valence-electron chi connectivity index (χ4n) is 1.72. The molecule has 1 aromatic rings. The molecule has 0 aromatic carbocycles. The number of amides is 1. The molecule has 1 atom stereocenters. The first kappa shape index (κ1) is 11.6. The quantitative estimate of drug-likeness (QED) is 0.787. The van der Waals surface area contributed by atoms with Gasteiger partial charge in [-0.15, -0.1) is 0 Å². The Morgan fingerprint density at radius 1 is 1.59 bits per heavy atom. The van der Waals surface area contributed by atoms with Crippen LogP contribution < -0.4 is 4.74 Å². The Morgan fingerprint density at radius 3 is 3.18 bits per heavy atom. The summed E-state index contributed by atoms with van der Waals surface area (Å²) in [4.78, 5) is 21.1. The lowest BCUT2D eigenvalue weighted by molar-refractivity contribution is 0.109. The summed E-state index contributed by atoms with van der Waals surface area (Å²) in [5, 5.41) is 0. The Labute approximate surface area is 99.6 Å². The SMILES string of the molecule is CCOC(=O)N1CCC(Oc2cnccn2)C1. The Balaban J connectivity index is 1.84. The number of aromatic nitrogens is 2. The summed E-state index contributed by atoms with van der Waals surface area (Å²) in [6, 6.07) is 0. The van der Waals surface area contributed by atoms with Crippen molar-refractivity contribution in [3.05, 3.63) is 18.6 Å². The maximum Gasteiger partial charge on any atom is 0.409 e. The molecule has 1 aromatic heterocycles. The maximum absolute atomic E-state index is 11.5. The summed E-state index contributed by atoms with van der Waals surface area (Å²) < 4.78 is 10.5. The van der Waals surface area contributed by atoms with Gasteiger partial charge in [0.15, 0.2) is 0 Å². The average molecular weight is 237 g/mol. The normalized spacial score (nSPS) is 19.1. The number of hydrogen-bond acceptors (Lipinski definition) is 5. The Hall–Kier alpha value is -1.85. The summed E-state index contributed by atoms with van der Waals surface area (Å²) in [6.07, 6.45) is 5.20. The third-order valence-corrected chi connectivity index (χ3v) is 2.50. The minimum Gasteiger partial charge on any atom is -0.471 e. The van der Waals surface area contributed by atoms with Gasteiger partial charge in [0, 0.05) is 25.4 Å². The van der Waals surface area contributed by atoms with E-state index in [4.69, 9.17) is 9.47 Å². The molecule has 92 valence electrons. The first-order chi connectivity index (χ1) is 8.29. The summed E-state index contributed by atoms with van der Waals surface area (Å²) in [7, 11) is 0. The van der Waals surface area contributed by atoms with Gasteiger partial charge in [-0.2, -0.15) is 0 Å². The average Bonchev–Trinajstić information content (AvgIpc) is 2.79. The summed E-state index contributed by atoms with van der Waals surface area (Å²) in [5.41, 5.74) is 0. The van der Waals surface area contributed by atoms with Crippen LogP contribution in [0.25, 0.3) is 0 Å². The number of carbonyl (C=O) groups is 1. The lowest BCUT2D eigenvalue weighted by Crippen LogP contribution is -2.31. The summed E-state index contributed by atoms with van der Waals surface area (Å²) in [5.74, 6) is 0.489. The Bertz CT molecular complexity index is 371. The van der Waals surface area contributed by atoms with Crippen molar-refractivity contribution < 1.29 is 14.3 Å². The molecule has 6 heteroatoms. The standard InChI is InChI=1S/C11H15N3O3/c1-2-16-11(15)14-6-3-9(8-14)17-10-7-12-4-5-13-10/h4-5,7,9H,2-3,6,8H2,1H3. The van der Waals surface area contributed by atoms with Crippen LogP contribution in [-0.2, 0) is 4.74 Å². The van der Waals surface area contributed by atoms with Crippen LogP contribution in [0, 0.1) is 0 Å². The van der Waals surface area contributed by atoms with Gasteiger partial charge >= 0.3 is 6.09 Å². The highest BCUT2D eigenvalue weighted by Crippen LogP contribution is 2.16. The summed E-state index contributed by atoms with van der Waals surface area (Å²) >= 11 is 0. The maximum atomic E-state index is 11.5. The van der Waals surface area contributed by atoms with Crippen LogP contribution in [-0.4, -0.2) is 46.8 Å². The van der Waals surface area contributed by atoms with E-state index in [1.54, 1.807) is 30.4 Å². The fraction of sp³-hybridized carbons (Fsp3) is 0.545. The number of carbonyl (C=O) groups excluding carboxylic acids is 1. The highest BCUT2D eigenvalue weighted by atomic mass is 16.6. The second-order valence-electron chi connectivity index (χ2n) is 3.72. The first-order valence-corrected chi connectivity index (χ1v) is 5.64. The molecule has 1 aliphatic heterocycles. The van der Waals surface area contributed by atoms with Crippen molar-refractivity contribution in [2.24, 2.45) is 0 Å². The molecule has 1 aliphatic rings. The van der Waals surface area contributed by atoms with Gasteiger partial charge in [-0.1, -0.05) is 0 Å². The minimum atomic E-state index is -0.280. The van der Waals surface area contributed by atoms with Crippen molar-refractivity contribution in [3.63, 3.8) is 0 Å². The number of rotatable bonds is 3. The highest BCUT2D eigenvalue weighted by Gasteiger charge is 2.28. The Kier molecular flexibility index (Phi) is 3.74. The topological polar surface area (TPSA) is 64.5 Å². The van der Waals surface area contributed by atoms with Crippen molar-refractivity contribution in [3.8, 4) is 5.88 Å². The van der Waals surface area contributed by atoms with Crippen molar-refractivity contribution in [1.82, 2.24) is 14.9 Å². The van der Waals surface area contributed by atoms with Crippen molar-refractivity contribution >= 4 is 6.09 Å². The molecular weight excluding hydrogens is 222 g/mol. The molecule has 1 amide bonds. The zero-order valence-corrected chi connectivity index (χ0v) is 9.70. The van der Waals surface area contributed by atoms with Gasteiger partial charge in [0.1, 0.15) is 6.10 Å². The van der Waals surface area contributed by atoms with Gasteiger partial charge in [0.25, 0.3) is 0 Å². The third-order valence-electron chi connectivity index (χ3n) is 2.50. The van der Waals surface area contributed by atoms with Crippen LogP contribution in [0.3, 0.4) is 0 Å². The van der Waals surface area contributed by atoms with Crippen molar-refractivity contribution in [2.45, 2.75) is 19.4 Å². The van der Waals surface area contributed by atoms with Crippen molar-refractivity contribution in [1.29, 1.82) is 0 Å². The monoisotopic (exact) mass is 237 g/mol. The number of nitrogens with zero attached hydrogens (tertiary/aromatic N) is 3. The zero-order chi connectivity index (χ0) is 12.1. The van der Waals surface area contributed by atoms with Gasteiger partial charge in [0.05, 0.1) is 19.3 Å². The molecule has 6 nitrogen and oxygen atoms in total. The molecule has 1 fully saturated rings. The highest BCUT2D eigenvalue weighted by molar-refractivity contribution is 5.67. The Morgan fingerprint density at radius 2 is 2.47 bits per heavy atom. The van der Waals surface area contributed by atoms with Crippen molar-refractivity contribution in [2.75, 3.05) is 19.7 Å². The predicted molar refractivity (Wildman–Crippen MR) is 59.7 cm³/mol. The molecule has 0 radical (unpaired) electrons. The zero-order valence-electron chi connectivity index (χ0n) is 9.70. The van der Waals surface area contributed by atoms with Gasteiger partial charge in [-0.3, -0.25) is 4.98 Å². The fourth-order valence-corrected chi connectivity index (χ4v) is 1.72.